The van der Waals surface area contributed by atoms with Crippen molar-refractivity contribution in [1.29, 1.82) is 0 Å². The van der Waals surface area contributed by atoms with Gasteiger partial charge in [-0.3, -0.25) is 9.59 Å². The number of pyridine rings is 1. The van der Waals surface area contributed by atoms with Crippen LogP contribution in [-0.4, -0.2) is 28.5 Å². The van der Waals surface area contributed by atoms with Crippen molar-refractivity contribution in [2.24, 2.45) is 0 Å². The number of amides is 1. The first-order chi connectivity index (χ1) is 9.63. The summed E-state index contributed by atoms with van der Waals surface area (Å²) in [7, 11) is 0. The van der Waals surface area contributed by atoms with Crippen LogP contribution in [0.5, 0.6) is 0 Å². The third-order valence-electron chi connectivity index (χ3n) is 3.61. The molecule has 1 aromatic carbocycles. The molecule has 20 heavy (non-hydrogen) atoms. The second-order valence-corrected chi connectivity index (χ2v) is 4.64. The quantitative estimate of drug-likeness (QED) is 0.858. The van der Waals surface area contributed by atoms with Crippen molar-refractivity contribution in [2.45, 2.75) is 27.3 Å². The third-order valence-corrected chi connectivity index (χ3v) is 3.61. The van der Waals surface area contributed by atoms with E-state index in [1.165, 1.54) is 0 Å². The van der Waals surface area contributed by atoms with Crippen LogP contribution in [-0.2, 0) is 6.54 Å². The average molecular weight is 272 g/mol. The summed E-state index contributed by atoms with van der Waals surface area (Å²) in [6.45, 7) is 7.54. The van der Waals surface area contributed by atoms with E-state index in [9.17, 15) is 9.59 Å². The molecule has 0 unspecified atom stereocenters. The topological polar surface area (TPSA) is 42.3 Å². The van der Waals surface area contributed by atoms with Crippen LogP contribution in [0.2, 0.25) is 0 Å². The van der Waals surface area contributed by atoms with E-state index in [0.29, 0.717) is 30.7 Å². The van der Waals surface area contributed by atoms with Crippen LogP contribution >= 0.6 is 0 Å². The molecule has 2 rings (SSSR count). The first kappa shape index (κ1) is 14.3. The zero-order valence-electron chi connectivity index (χ0n) is 12.2. The number of hydrogen-bond acceptors (Lipinski definition) is 2. The second-order valence-electron chi connectivity index (χ2n) is 4.64. The number of rotatable bonds is 4. The summed E-state index contributed by atoms with van der Waals surface area (Å²) in [5.74, 6) is -0.0836. The van der Waals surface area contributed by atoms with Crippen LogP contribution in [0.1, 0.15) is 31.3 Å². The molecule has 0 saturated heterocycles. The lowest BCUT2D eigenvalue weighted by atomic mass is 10.1. The molecule has 0 bridgehead atoms. The van der Waals surface area contributed by atoms with Crippen LogP contribution in [0.15, 0.2) is 35.1 Å². The van der Waals surface area contributed by atoms with Gasteiger partial charge in [-0.25, -0.2) is 0 Å². The number of fused-ring (bicyclic) bond motifs is 1. The molecular formula is C16H20N2O2. The largest absolute Gasteiger partial charge is 0.338 e. The van der Waals surface area contributed by atoms with Crippen LogP contribution < -0.4 is 5.56 Å². The number of carbonyl (C=O) groups is 1. The molecule has 0 atom stereocenters. The molecule has 0 aliphatic carbocycles. The van der Waals surface area contributed by atoms with Gasteiger partial charge < -0.3 is 9.47 Å². The monoisotopic (exact) mass is 272 g/mol. The molecule has 106 valence electrons. The first-order valence-electron chi connectivity index (χ1n) is 7.05. The van der Waals surface area contributed by atoms with Crippen LogP contribution in [0.3, 0.4) is 0 Å². The zero-order chi connectivity index (χ0) is 14.7. The number of nitrogens with zero attached hydrogens (tertiary/aromatic N) is 2. The fourth-order valence-electron chi connectivity index (χ4n) is 2.46. The Hall–Kier alpha value is -2.10. The van der Waals surface area contributed by atoms with E-state index in [1.807, 2.05) is 45.0 Å². The van der Waals surface area contributed by atoms with E-state index in [4.69, 9.17) is 0 Å². The molecule has 0 N–H and O–H groups in total. The highest BCUT2D eigenvalue weighted by atomic mass is 16.2. The molecular weight excluding hydrogens is 252 g/mol. The van der Waals surface area contributed by atoms with Gasteiger partial charge in [-0.2, -0.15) is 0 Å². The maximum atomic E-state index is 12.5. The molecule has 0 spiro atoms. The predicted molar refractivity (Wildman–Crippen MR) is 81.1 cm³/mol. The standard InChI is InChI=1S/C16H20N2O2/c1-4-17(5-2)16(20)14-11-12-9-7-8-10-13(12)15(19)18(14)6-3/h7-11H,4-6H2,1-3H3. The van der Waals surface area contributed by atoms with Gasteiger partial charge in [0.05, 0.1) is 0 Å². The Morgan fingerprint density at radius 1 is 1.15 bits per heavy atom. The summed E-state index contributed by atoms with van der Waals surface area (Å²) in [4.78, 5) is 26.8. The summed E-state index contributed by atoms with van der Waals surface area (Å²) in [5.41, 5.74) is 0.376. The lowest BCUT2D eigenvalue weighted by Crippen LogP contribution is -2.35. The van der Waals surface area contributed by atoms with Gasteiger partial charge in [-0.05, 0) is 38.3 Å². The van der Waals surface area contributed by atoms with E-state index in [0.717, 1.165) is 5.39 Å². The smallest absolute Gasteiger partial charge is 0.270 e. The van der Waals surface area contributed by atoms with E-state index in [1.54, 1.807) is 15.5 Å². The fraction of sp³-hybridized carbons (Fsp3) is 0.375. The number of hydrogen-bond donors (Lipinski definition) is 0. The number of carbonyl (C=O) groups excluding carboxylic acids is 1. The highest BCUT2D eigenvalue weighted by molar-refractivity contribution is 5.96. The summed E-state index contributed by atoms with van der Waals surface area (Å²) >= 11 is 0. The Morgan fingerprint density at radius 2 is 1.80 bits per heavy atom. The Kier molecular flexibility index (Phi) is 4.23. The molecule has 0 aliphatic rings. The van der Waals surface area contributed by atoms with E-state index < -0.39 is 0 Å². The molecule has 2 aromatic rings. The van der Waals surface area contributed by atoms with Gasteiger partial charge in [0.2, 0.25) is 0 Å². The van der Waals surface area contributed by atoms with Gasteiger partial charge >= 0.3 is 0 Å². The van der Waals surface area contributed by atoms with Gasteiger partial charge in [0.25, 0.3) is 11.5 Å². The van der Waals surface area contributed by atoms with Gasteiger partial charge in [-0.1, -0.05) is 18.2 Å². The molecule has 1 aromatic heterocycles. The van der Waals surface area contributed by atoms with Gasteiger partial charge in [-0.15, -0.1) is 0 Å². The third kappa shape index (κ3) is 2.33. The molecule has 0 radical (unpaired) electrons. The van der Waals surface area contributed by atoms with Gasteiger partial charge in [0.15, 0.2) is 0 Å². The van der Waals surface area contributed by atoms with Crippen molar-refractivity contribution in [3.8, 4) is 0 Å². The van der Waals surface area contributed by atoms with Crippen LogP contribution in [0, 0.1) is 0 Å². The van der Waals surface area contributed by atoms with Crippen molar-refractivity contribution in [3.05, 3.63) is 46.4 Å². The maximum absolute atomic E-state index is 12.5. The molecule has 4 nitrogen and oxygen atoms in total. The van der Waals surface area contributed by atoms with Crippen molar-refractivity contribution < 1.29 is 4.79 Å². The van der Waals surface area contributed by atoms with Gasteiger partial charge in [0.1, 0.15) is 5.69 Å². The Balaban J connectivity index is 2.69. The minimum Gasteiger partial charge on any atom is -0.338 e. The number of benzene rings is 1. The molecule has 4 heteroatoms. The predicted octanol–water partition coefficient (Wildman–Crippen LogP) is 2.50. The molecule has 0 aliphatic heterocycles. The maximum Gasteiger partial charge on any atom is 0.270 e. The fourth-order valence-corrected chi connectivity index (χ4v) is 2.46. The minimum atomic E-state index is -0.0962. The summed E-state index contributed by atoms with van der Waals surface area (Å²) < 4.78 is 1.56. The molecule has 0 fully saturated rings. The normalized spacial score (nSPS) is 10.8. The second kappa shape index (κ2) is 5.90. The Labute approximate surface area is 118 Å². The van der Waals surface area contributed by atoms with Crippen molar-refractivity contribution in [2.75, 3.05) is 13.1 Å². The van der Waals surface area contributed by atoms with Crippen molar-refractivity contribution in [3.63, 3.8) is 0 Å². The van der Waals surface area contributed by atoms with Gasteiger partial charge in [0, 0.05) is 25.0 Å². The molecule has 1 amide bonds. The zero-order valence-corrected chi connectivity index (χ0v) is 12.2. The van der Waals surface area contributed by atoms with Crippen molar-refractivity contribution >= 4 is 16.7 Å². The lowest BCUT2D eigenvalue weighted by Gasteiger charge is -2.21. The van der Waals surface area contributed by atoms with E-state index in [-0.39, 0.29) is 11.5 Å². The highest BCUT2D eigenvalue weighted by Crippen LogP contribution is 2.13. The SMILES string of the molecule is CCN(CC)C(=O)c1cc2ccccc2c(=O)n1CC. The van der Waals surface area contributed by atoms with Crippen LogP contribution in [0.4, 0.5) is 0 Å². The Bertz CT molecular complexity index is 684. The minimum absolute atomic E-state index is 0.0836. The highest BCUT2D eigenvalue weighted by Gasteiger charge is 2.18. The van der Waals surface area contributed by atoms with Crippen molar-refractivity contribution in [1.82, 2.24) is 9.47 Å². The summed E-state index contributed by atoms with van der Waals surface area (Å²) in [5, 5.41) is 1.48. The first-order valence-corrected chi connectivity index (χ1v) is 7.05. The average Bonchev–Trinajstić information content (AvgIpc) is 2.48. The molecule has 0 saturated carbocycles. The Morgan fingerprint density at radius 3 is 2.40 bits per heavy atom. The summed E-state index contributed by atoms with van der Waals surface area (Å²) in [6, 6.07) is 9.21. The van der Waals surface area contributed by atoms with Crippen LogP contribution in [0.25, 0.3) is 10.8 Å². The number of aromatic nitrogens is 1. The molecule has 1 heterocycles. The van der Waals surface area contributed by atoms with E-state index in [2.05, 4.69) is 0 Å². The van der Waals surface area contributed by atoms with E-state index >= 15 is 0 Å². The summed E-state index contributed by atoms with van der Waals surface area (Å²) in [6.07, 6.45) is 0. The lowest BCUT2D eigenvalue weighted by molar-refractivity contribution is 0.0761.